The summed E-state index contributed by atoms with van der Waals surface area (Å²) in [6, 6.07) is 5.59. The van der Waals surface area contributed by atoms with Gasteiger partial charge >= 0.3 is 6.03 Å². The zero-order valence-corrected chi connectivity index (χ0v) is 14.2. The highest BCUT2D eigenvalue weighted by Gasteiger charge is 2.19. The summed E-state index contributed by atoms with van der Waals surface area (Å²) >= 11 is 0. The fourth-order valence-electron chi connectivity index (χ4n) is 2.98. The highest BCUT2D eigenvalue weighted by molar-refractivity contribution is 5.89. The van der Waals surface area contributed by atoms with E-state index < -0.39 is 0 Å². The van der Waals surface area contributed by atoms with E-state index in [0.717, 1.165) is 48.6 Å². The Morgan fingerprint density at radius 2 is 2.33 bits per heavy atom. The van der Waals surface area contributed by atoms with E-state index in [4.69, 9.17) is 4.74 Å². The number of nitrogens with zero attached hydrogens (tertiary/aromatic N) is 2. The number of carbonyl (C=O) groups excluding carboxylic acids is 1. The fraction of sp³-hybridized carbons (Fsp3) is 0.444. The molecule has 2 N–H and O–H groups in total. The topological polar surface area (TPSA) is 68.2 Å². The molecule has 0 unspecified atom stereocenters. The number of aromatic nitrogens is 2. The van der Waals surface area contributed by atoms with E-state index in [1.165, 1.54) is 0 Å². The number of hydrogen-bond donors (Lipinski definition) is 2. The Labute approximate surface area is 142 Å². The van der Waals surface area contributed by atoms with Gasteiger partial charge in [-0.1, -0.05) is 6.92 Å². The number of benzene rings is 1. The SMILES string of the molecule is CCc1nccn1CCCNC(=O)Nc1ccc2c(c1)C[C@H](C)O2. The monoisotopic (exact) mass is 328 g/mol. The predicted molar refractivity (Wildman–Crippen MR) is 93.5 cm³/mol. The third-order valence-electron chi connectivity index (χ3n) is 4.13. The first-order chi connectivity index (χ1) is 11.7. The Morgan fingerprint density at radius 1 is 1.46 bits per heavy atom. The van der Waals surface area contributed by atoms with Gasteiger partial charge in [-0.25, -0.2) is 9.78 Å². The molecule has 1 aromatic heterocycles. The Morgan fingerprint density at radius 3 is 3.17 bits per heavy atom. The van der Waals surface area contributed by atoms with E-state index in [9.17, 15) is 4.79 Å². The number of urea groups is 1. The van der Waals surface area contributed by atoms with Crippen molar-refractivity contribution in [3.63, 3.8) is 0 Å². The quantitative estimate of drug-likeness (QED) is 0.801. The van der Waals surface area contributed by atoms with E-state index in [1.807, 2.05) is 37.5 Å². The van der Waals surface area contributed by atoms with Crippen LogP contribution in [0.25, 0.3) is 0 Å². The lowest BCUT2D eigenvalue weighted by molar-refractivity contribution is 0.251. The number of aryl methyl sites for hydroxylation is 2. The molecule has 0 aliphatic carbocycles. The first kappa shape index (κ1) is 16.4. The smallest absolute Gasteiger partial charge is 0.319 e. The maximum absolute atomic E-state index is 12.0. The Hall–Kier alpha value is -2.50. The summed E-state index contributed by atoms with van der Waals surface area (Å²) in [5.74, 6) is 1.99. The summed E-state index contributed by atoms with van der Waals surface area (Å²) in [6.45, 7) is 5.62. The van der Waals surface area contributed by atoms with Gasteiger partial charge in [-0.15, -0.1) is 0 Å². The molecule has 2 heterocycles. The normalized spacial score (nSPS) is 15.7. The van der Waals surface area contributed by atoms with Crippen molar-refractivity contribution >= 4 is 11.7 Å². The van der Waals surface area contributed by atoms with Crippen LogP contribution in [0.3, 0.4) is 0 Å². The molecule has 0 saturated heterocycles. The lowest BCUT2D eigenvalue weighted by Gasteiger charge is -2.10. The van der Waals surface area contributed by atoms with Crippen LogP contribution in [0.15, 0.2) is 30.6 Å². The van der Waals surface area contributed by atoms with Crippen LogP contribution in [0.5, 0.6) is 5.75 Å². The number of amides is 2. The zero-order valence-electron chi connectivity index (χ0n) is 14.2. The van der Waals surface area contributed by atoms with Crippen LogP contribution in [-0.4, -0.2) is 28.2 Å². The summed E-state index contributed by atoms with van der Waals surface area (Å²) in [5, 5.41) is 5.77. The van der Waals surface area contributed by atoms with Gasteiger partial charge in [-0.3, -0.25) is 0 Å². The van der Waals surface area contributed by atoms with Crippen molar-refractivity contribution in [3.05, 3.63) is 42.0 Å². The third-order valence-corrected chi connectivity index (χ3v) is 4.13. The number of carbonyl (C=O) groups is 1. The van der Waals surface area contributed by atoms with Crippen LogP contribution in [0.1, 0.15) is 31.7 Å². The van der Waals surface area contributed by atoms with Gasteiger partial charge in [-0.05, 0) is 37.1 Å². The molecule has 1 aliphatic rings. The first-order valence-corrected chi connectivity index (χ1v) is 8.50. The molecule has 6 heteroatoms. The number of ether oxygens (including phenoxy) is 1. The van der Waals surface area contributed by atoms with Crippen LogP contribution in [0.4, 0.5) is 10.5 Å². The van der Waals surface area contributed by atoms with E-state index in [-0.39, 0.29) is 12.1 Å². The highest BCUT2D eigenvalue weighted by Crippen LogP contribution is 2.30. The van der Waals surface area contributed by atoms with Crippen molar-refractivity contribution in [2.45, 2.75) is 45.8 Å². The maximum Gasteiger partial charge on any atom is 0.319 e. The van der Waals surface area contributed by atoms with Crippen LogP contribution in [0.2, 0.25) is 0 Å². The minimum absolute atomic E-state index is 0.178. The second-order valence-electron chi connectivity index (χ2n) is 6.08. The van der Waals surface area contributed by atoms with Crippen molar-refractivity contribution in [2.24, 2.45) is 0 Å². The molecule has 1 aromatic carbocycles. The van der Waals surface area contributed by atoms with Crippen LogP contribution in [-0.2, 0) is 19.4 Å². The lowest BCUT2D eigenvalue weighted by atomic mass is 10.1. The van der Waals surface area contributed by atoms with Crippen LogP contribution in [0, 0.1) is 0 Å². The molecular weight excluding hydrogens is 304 g/mol. The van der Waals surface area contributed by atoms with Crippen molar-refractivity contribution in [1.29, 1.82) is 0 Å². The van der Waals surface area contributed by atoms with Gasteiger partial charge in [0.15, 0.2) is 0 Å². The van der Waals surface area contributed by atoms with E-state index in [2.05, 4.69) is 27.1 Å². The van der Waals surface area contributed by atoms with Gasteiger partial charge in [0.25, 0.3) is 0 Å². The van der Waals surface area contributed by atoms with Gasteiger partial charge in [0.05, 0.1) is 0 Å². The Bertz CT molecular complexity index is 711. The molecule has 0 spiro atoms. The fourth-order valence-corrected chi connectivity index (χ4v) is 2.98. The second kappa shape index (κ2) is 7.38. The average molecular weight is 328 g/mol. The standard InChI is InChI=1S/C18H24N4O2/c1-3-17-19-8-10-22(17)9-4-7-20-18(23)21-15-5-6-16-14(12-15)11-13(2)24-16/h5-6,8,10,12-13H,3-4,7,9,11H2,1-2H3,(H2,20,21,23)/t13-/m0/s1. The van der Waals surface area contributed by atoms with E-state index in [0.29, 0.717) is 6.54 Å². The molecule has 24 heavy (non-hydrogen) atoms. The van der Waals surface area contributed by atoms with Crippen molar-refractivity contribution in [2.75, 3.05) is 11.9 Å². The predicted octanol–water partition coefficient (Wildman–Crippen LogP) is 2.98. The lowest BCUT2D eigenvalue weighted by Crippen LogP contribution is -2.30. The maximum atomic E-state index is 12.0. The summed E-state index contributed by atoms with van der Waals surface area (Å²) in [4.78, 5) is 16.3. The average Bonchev–Trinajstić information content (AvgIpc) is 3.16. The molecule has 2 amide bonds. The van der Waals surface area contributed by atoms with Crippen molar-refractivity contribution in [3.8, 4) is 5.75 Å². The summed E-state index contributed by atoms with van der Waals surface area (Å²) in [7, 11) is 0. The summed E-state index contributed by atoms with van der Waals surface area (Å²) < 4.78 is 7.79. The molecule has 1 aliphatic heterocycles. The van der Waals surface area contributed by atoms with Gasteiger partial charge in [0, 0.05) is 44.0 Å². The Balaban J connectivity index is 1.42. The molecule has 0 bridgehead atoms. The van der Waals surface area contributed by atoms with Gasteiger partial charge < -0.3 is 19.9 Å². The first-order valence-electron chi connectivity index (χ1n) is 8.50. The minimum atomic E-state index is -0.178. The molecular formula is C18H24N4O2. The Kier molecular flexibility index (Phi) is 5.03. The van der Waals surface area contributed by atoms with E-state index in [1.54, 1.807) is 0 Å². The van der Waals surface area contributed by atoms with Gasteiger partial charge in [-0.2, -0.15) is 0 Å². The van der Waals surface area contributed by atoms with E-state index >= 15 is 0 Å². The molecule has 2 aromatic rings. The number of fused-ring (bicyclic) bond motifs is 1. The van der Waals surface area contributed by atoms with Crippen molar-refractivity contribution < 1.29 is 9.53 Å². The summed E-state index contributed by atoms with van der Waals surface area (Å²) in [6.07, 6.45) is 6.68. The largest absolute Gasteiger partial charge is 0.490 e. The van der Waals surface area contributed by atoms with Gasteiger partial charge in [0.1, 0.15) is 17.7 Å². The molecule has 0 saturated carbocycles. The molecule has 128 valence electrons. The molecule has 0 radical (unpaired) electrons. The van der Waals surface area contributed by atoms with Crippen LogP contribution >= 0.6 is 0 Å². The number of nitrogens with one attached hydrogen (secondary N) is 2. The van der Waals surface area contributed by atoms with Crippen molar-refractivity contribution in [1.82, 2.24) is 14.9 Å². The zero-order chi connectivity index (χ0) is 16.9. The minimum Gasteiger partial charge on any atom is -0.490 e. The highest BCUT2D eigenvalue weighted by atomic mass is 16.5. The molecule has 6 nitrogen and oxygen atoms in total. The number of hydrogen-bond acceptors (Lipinski definition) is 3. The number of anilines is 1. The number of rotatable bonds is 6. The number of imidazole rings is 1. The summed E-state index contributed by atoms with van der Waals surface area (Å²) in [5.41, 5.74) is 1.94. The molecule has 3 rings (SSSR count). The third kappa shape index (κ3) is 3.88. The molecule has 0 fully saturated rings. The molecule has 1 atom stereocenters. The van der Waals surface area contributed by atoms with Crippen LogP contribution < -0.4 is 15.4 Å². The second-order valence-corrected chi connectivity index (χ2v) is 6.08. The van der Waals surface area contributed by atoms with Gasteiger partial charge in [0.2, 0.25) is 0 Å².